The van der Waals surface area contributed by atoms with E-state index in [1.54, 1.807) is 0 Å². The molecule has 0 heterocycles. The van der Waals surface area contributed by atoms with Crippen molar-refractivity contribution in [2.75, 3.05) is 0 Å². The van der Waals surface area contributed by atoms with Gasteiger partial charge in [0.05, 0.1) is 0 Å². The van der Waals surface area contributed by atoms with E-state index < -0.39 is 0 Å². The first-order valence-electron chi connectivity index (χ1n) is 10.4. The van der Waals surface area contributed by atoms with Crippen LogP contribution in [-0.4, -0.2) is 3.71 Å². The molecule has 0 nitrogen and oxygen atoms in total. The first kappa shape index (κ1) is 28.4. The van der Waals surface area contributed by atoms with E-state index in [4.69, 9.17) is 0 Å². The molecule has 3 heteroatoms. The van der Waals surface area contributed by atoms with Gasteiger partial charge in [-0.2, -0.15) is 6.08 Å². The van der Waals surface area contributed by atoms with Gasteiger partial charge in [-0.3, -0.25) is 6.08 Å². The number of benzene rings is 3. The molecule has 0 saturated heterocycles. The predicted molar refractivity (Wildman–Crippen MR) is 129 cm³/mol. The van der Waals surface area contributed by atoms with Gasteiger partial charge < -0.3 is 24.8 Å². The number of rotatable bonds is 1. The molecule has 0 aromatic heterocycles. The van der Waals surface area contributed by atoms with E-state index in [-0.39, 0.29) is 24.8 Å². The Labute approximate surface area is 219 Å². The Bertz CT molecular complexity index is 1130. The molecule has 5 rings (SSSR count). The monoisotopic (exact) mass is 536 g/mol. The maximum atomic E-state index is 3.29. The second kappa shape index (κ2) is 13.8. The fourth-order valence-corrected chi connectivity index (χ4v) is 4.04. The predicted octanol–water partition coefficient (Wildman–Crippen LogP) is 1.74. The summed E-state index contributed by atoms with van der Waals surface area (Å²) in [4.78, 5) is 0. The molecule has 4 aromatic carbocycles. The average Bonchev–Trinajstić information content (AvgIpc) is 3.28. The van der Waals surface area contributed by atoms with E-state index in [0.717, 1.165) is 0 Å². The van der Waals surface area contributed by atoms with E-state index in [0.29, 0.717) is 5.92 Å². The number of allylic oxidation sites excluding steroid dienone is 4. The van der Waals surface area contributed by atoms with E-state index in [1.165, 1.54) is 68.1 Å². The quantitative estimate of drug-likeness (QED) is 0.324. The number of hydrogen-bond acceptors (Lipinski definition) is 0. The normalized spacial score (nSPS) is 14.0. The van der Waals surface area contributed by atoms with Crippen molar-refractivity contribution in [3.63, 3.8) is 0 Å². The molecule has 1 atom stereocenters. The van der Waals surface area contributed by atoms with Gasteiger partial charge in [0.1, 0.15) is 0 Å². The molecule has 0 radical (unpaired) electrons. The molecule has 0 bridgehead atoms. The largest absolute Gasteiger partial charge is 1.00 e. The summed E-state index contributed by atoms with van der Waals surface area (Å²) in [5.41, 5.74) is 5.37. The fourth-order valence-electron chi connectivity index (χ4n) is 3.56. The minimum atomic E-state index is 0. The molecular formula is C29H28Cl2Zr-2. The molecule has 32 heavy (non-hydrogen) atoms. The summed E-state index contributed by atoms with van der Waals surface area (Å²) >= 11 is 1.47. The zero-order valence-electron chi connectivity index (χ0n) is 19.0. The molecule has 1 unspecified atom stereocenters. The Hall–Kier alpha value is -1.66. The SMILES string of the molecule is CC1=[C-]C(C)C=C1C.Cc1ccc([CH]=[Zr+2])cc1.[Cl-].[Cl-].c1ccc2c(c1)[cH-]c1ccccc12. The van der Waals surface area contributed by atoms with Crippen molar-refractivity contribution in [3.8, 4) is 0 Å². The summed E-state index contributed by atoms with van der Waals surface area (Å²) in [6.07, 6.45) is 5.52. The van der Waals surface area contributed by atoms with Crippen LogP contribution in [0.25, 0.3) is 21.5 Å². The standard InChI is InChI=1S/C13H9.C8H11.C8H8.2ClH.Zr/c1-3-7-12-10(5-1)9-11-6-2-4-8-13(11)12;1-6-4-7(2)8(3)5-6;1-7-3-5-8(2)6-4-7;;;/h1-9H;4,6H,1-3H3;1,3-6H,2H3;2*1H;/q2*-1;;;;+2/p-2. The fraction of sp³-hybridized carbons (Fsp3) is 0.172. The molecule has 4 aromatic rings. The summed E-state index contributed by atoms with van der Waals surface area (Å²) < 4.78 is 2.19. The first-order chi connectivity index (χ1) is 14.5. The van der Waals surface area contributed by atoms with Crippen molar-refractivity contribution in [2.24, 2.45) is 5.92 Å². The second-order valence-corrected chi connectivity index (χ2v) is 8.49. The Kier molecular flexibility index (Phi) is 12.2. The van der Waals surface area contributed by atoms with Gasteiger partial charge in [-0.25, -0.2) is 11.1 Å². The molecular weight excluding hydrogens is 510 g/mol. The van der Waals surface area contributed by atoms with E-state index in [2.05, 4.69) is 122 Å². The third kappa shape index (κ3) is 7.73. The van der Waals surface area contributed by atoms with Gasteiger partial charge in [0.2, 0.25) is 0 Å². The first-order valence-corrected chi connectivity index (χ1v) is 11.8. The van der Waals surface area contributed by atoms with Crippen molar-refractivity contribution < 1.29 is 49.0 Å². The molecule has 0 saturated carbocycles. The number of fused-ring (bicyclic) bond motifs is 3. The van der Waals surface area contributed by atoms with Crippen LogP contribution in [0.15, 0.2) is 96.1 Å². The van der Waals surface area contributed by atoms with Crippen molar-refractivity contribution in [1.29, 1.82) is 0 Å². The minimum Gasteiger partial charge on any atom is -1.00 e. The smallest absolute Gasteiger partial charge is 0.0771 e. The van der Waals surface area contributed by atoms with Crippen LogP contribution in [0.3, 0.4) is 0 Å². The summed E-state index contributed by atoms with van der Waals surface area (Å²) in [6.45, 7) is 8.49. The van der Waals surface area contributed by atoms with Crippen LogP contribution < -0.4 is 24.8 Å². The zero-order chi connectivity index (χ0) is 21.5. The minimum absolute atomic E-state index is 0. The van der Waals surface area contributed by atoms with Gasteiger partial charge >= 0.3 is 70.3 Å². The Balaban J connectivity index is 0.000000242. The summed E-state index contributed by atoms with van der Waals surface area (Å²) in [6, 6.07) is 27.8. The number of aryl methyl sites for hydroxylation is 1. The van der Waals surface area contributed by atoms with Crippen LogP contribution >= 0.6 is 0 Å². The number of halogens is 2. The number of hydrogen-bond donors (Lipinski definition) is 0. The van der Waals surface area contributed by atoms with E-state index in [9.17, 15) is 0 Å². The van der Waals surface area contributed by atoms with Crippen molar-refractivity contribution >= 4 is 25.3 Å². The van der Waals surface area contributed by atoms with E-state index in [1.807, 2.05) is 0 Å². The second-order valence-electron chi connectivity index (χ2n) is 7.78. The van der Waals surface area contributed by atoms with Crippen LogP contribution in [0.4, 0.5) is 0 Å². The van der Waals surface area contributed by atoms with Gasteiger partial charge in [-0.05, 0) is 0 Å². The van der Waals surface area contributed by atoms with Gasteiger partial charge in [-0.1, -0.05) is 56.2 Å². The van der Waals surface area contributed by atoms with Crippen molar-refractivity contribution in [3.05, 3.63) is 113 Å². The molecule has 1 aliphatic rings. The molecule has 0 amide bonds. The molecule has 1 aliphatic carbocycles. The third-order valence-electron chi connectivity index (χ3n) is 5.30. The van der Waals surface area contributed by atoms with Crippen LogP contribution in [0.5, 0.6) is 0 Å². The van der Waals surface area contributed by atoms with Gasteiger partial charge in [0.15, 0.2) is 0 Å². The third-order valence-corrected chi connectivity index (χ3v) is 6.12. The molecule has 0 aliphatic heterocycles. The van der Waals surface area contributed by atoms with E-state index >= 15 is 0 Å². The Morgan fingerprint density at radius 1 is 0.781 bits per heavy atom. The van der Waals surface area contributed by atoms with Crippen LogP contribution in [0.2, 0.25) is 0 Å². The molecule has 164 valence electrons. The van der Waals surface area contributed by atoms with Gasteiger partial charge in [-0.15, -0.1) is 46.7 Å². The van der Waals surface area contributed by atoms with Gasteiger partial charge in [0, 0.05) is 0 Å². The van der Waals surface area contributed by atoms with Crippen LogP contribution in [0.1, 0.15) is 31.9 Å². The molecule has 0 spiro atoms. The van der Waals surface area contributed by atoms with Crippen molar-refractivity contribution in [1.82, 2.24) is 0 Å². The maximum Gasteiger partial charge on any atom is -0.0771 e. The van der Waals surface area contributed by atoms with Crippen LogP contribution in [-0.2, 0) is 24.2 Å². The molecule has 0 N–H and O–H groups in total. The summed E-state index contributed by atoms with van der Waals surface area (Å²) in [7, 11) is 0. The zero-order valence-corrected chi connectivity index (χ0v) is 23.0. The summed E-state index contributed by atoms with van der Waals surface area (Å²) in [5.74, 6) is 0.551. The Morgan fingerprint density at radius 2 is 1.28 bits per heavy atom. The Morgan fingerprint density at radius 3 is 1.66 bits per heavy atom. The summed E-state index contributed by atoms with van der Waals surface area (Å²) in [5, 5.41) is 5.39. The van der Waals surface area contributed by atoms with Crippen molar-refractivity contribution in [2.45, 2.75) is 27.7 Å². The average molecular weight is 539 g/mol. The molecule has 0 fully saturated rings. The van der Waals surface area contributed by atoms with Crippen LogP contribution in [0, 0.1) is 18.9 Å². The maximum absolute atomic E-state index is 3.29. The topological polar surface area (TPSA) is 0 Å². The van der Waals surface area contributed by atoms with Gasteiger partial charge in [0.25, 0.3) is 0 Å².